The lowest BCUT2D eigenvalue weighted by Crippen LogP contribution is -2.32. The molecule has 0 heterocycles. The summed E-state index contributed by atoms with van der Waals surface area (Å²) in [6.45, 7) is 2.31. The largest absolute Gasteiger partial charge is 0.489 e. The van der Waals surface area contributed by atoms with Gasteiger partial charge in [0, 0.05) is 22.6 Å². The van der Waals surface area contributed by atoms with Crippen LogP contribution in [0.1, 0.15) is 17.3 Å². The summed E-state index contributed by atoms with van der Waals surface area (Å²) >= 11 is 5.72. The van der Waals surface area contributed by atoms with Crippen LogP contribution in [0.3, 0.4) is 0 Å². The van der Waals surface area contributed by atoms with Gasteiger partial charge < -0.3 is 15.4 Å². The molecular weight excluding hydrogens is 216 g/mol. The summed E-state index contributed by atoms with van der Waals surface area (Å²) in [5.74, 6) is -0.268. The van der Waals surface area contributed by atoms with E-state index < -0.39 is 7.12 Å². The summed E-state index contributed by atoms with van der Waals surface area (Å²) in [5.41, 5.74) is 0.477. The van der Waals surface area contributed by atoms with Gasteiger partial charge in [-0.15, -0.1) is 0 Å². The Morgan fingerprint density at radius 1 is 1.53 bits per heavy atom. The van der Waals surface area contributed by atoms with Gasteiger partial charge >= 0.3 is 7.12 Å². The Labute approximate surface area is 93.0 Å². The van der Waals surface area contributed by atoms with E-state index >= 15 is 0 Å². The van der Waals surface area contributed by atoms with E-state index in [1.807, 2.05) is 0 Å². The van der Waals surface area contributed by atoms with Gasteiger partial charge in [0.1, 0.15) is 0 Å². The lowest BCUT2D eigenvalue weighted by molar-refractivity contribution is 0.0956. The van der Waals surface area contributed by atoms with Crippen LogP contribution in [0, 0.1) is 0 Å². The molecule has 0 spiro atoms. The summed E-state index contributed by atoms with van der Waals surface area (Å²) < 4.78 is 0. The quantitative estimate of drug-likeness (QED) is 0.625. The van der Waals surface area contributed by atoms with Crippen molar-refractivity contribution in [3.63, 3.8) is 0 Å². The highest BCUT2D eigenvalue weighted by Crippen LogP contribution is 2.08. The normalized spacial score (nSPS) is 9.87. The molecule has 0 atom stereocenters. The monoisotopic (exact) mass is 227 g/mol. The maximum absolute atomic E-state index is 11.4. The Kier molecular flexibility index (Phi) is 4.14. The highest BCUT2D eigenvalue weighted by Gasteiger charge is 2.17. The Bertz CT molecular complexity index is 370. The van der Waals surface area contributed by atoms with E-state index in [1.54, 1.807) is 6.92 Å². The highest BCUT2D eigenvalue weighted by molar-refractivity contribution is 6.62. The third kappa shape index (κ3) is 2.96. The van der Waals surface area contributed by atoms with E-state index in [0.29, 0.717) is 12.1 Å². The zero-order valence-corrected chi connectivity index (χ0v) is 8.95. The van der Waals surface area contributed by atoms with Crippen LogP contribution < -0.4 is 10.8 Å². The predicted octanol–water partition coefficient (Wildman–Crippen LogP) is -0.230. The van der Waals surface area contributed by atoms with E-state index in [-0.39, 0.29) is 16.4 Å². The fourth-order valence-electron chi connectivity index (χ4n) is 1.15. The maximum atomic E-state index is 11.4. The number of rotatable bonds is 3. The van der Waals surface area contributed by atoms with Crippen LogP contribution in [0.15, 0.2) is 18.2 Å². The van der Waals surface area contributed by atoms with Gasteiger partial charge in [-0.2, -0.15) is 0 Å². The molecule has 1 aromatic rings. The van der Waals surface area contributed by atoms with Crippen LogP contribution in [0.5, 0.6) is 0 Å². The summed E-state index contributed by atoms with van der Waals surface area (Å²) in [6, 6.07) is 4.35. The molecule has 0 aromatic heterocycles. The summed E-state index contributed by atoms with van der Waals surface area (Å²) in [6.07, 6.45) is 0. The van der Waals surface area contributed by atoms with Crippen molar-refractivity contribution in [1.29, 1.82) is 0 Å². The van der Waals surface area contributed by atoms with E-state index in [9.17, 15) is 4.79 Å². The van der Waals surface area contributed by atoms with Gasteiger partial charge in [-0.25, -0.2) is 0 Å². The molecule has 0 aliphatic heterocycles. The lowest BCUT2D eigenvalue weighted by Gasteiger charge is -2.06. The SMILES string of the molecule is CCNC(=O)c1ccc(Cl)c(B(O)O)c1. The minimum absolute atomic E-state index is 0.125. The molecule has 15 heavy (non-hydrogen) atoms. The molecule has 4 nitrogen and oxygen atoms in total. The van der Waals surface area contributed by atoms with Gasteiger partial charge in [0.15, 0.2) is 0 Å². The van der Waals surface area contributed by atoms with Crippen LogP contribution in [-0.4, -0.2) is 29.6 Å². The van der Waals surface area contributed by atoms with Crippen molar-refractivity contribution in [1.82, 2.24) is 5.32 Å². The molecule has 1 aromatic carbocycles. The van der Waals surface area contributed by atoms with Gasteiger partial charge in [0.2, 0.25) is 0 Å². The fraction of sp³-hybridized carbons (Fsp3) is 0.222. The maximum Gasteiger partial charge on any atom is 0.489 e. The van der Waals surface area contributed by atoms with Gasteiger partial charge in [-0.05, 0) is 25.1 Å². The standard InChI is InChI=1S/C9H11BClNO3/c1-2-12-9(13)6-3-4-8(11)7(5-6)10(14)15/h3-5,14-15H,2H2,1H3,(H,12,13). The number of benzene rings is 1. The Morgan fingerprint density at radius 3 is 2.73 bits per heavy atom. The Hall–Kier alpha value is -1.04. The first-order chi connectivity index (χ1) is 7.06. The van der Waals surface area contributed by atoms with Crippen molar-refractivity contribution in [2.75, 3.05) is 6.54 Å². The van der Waals surface area contributed by atoms with Crippen LogP contribution in [0.25, 0.3) is 0 Å². The molecule has 0 saturated carbocycles. The number of halogens is 1. The molecule has 0 radical (unpaired) electrons. The molecule has 0 saturated heterocycles. The third-order valence-corrected chi connectivity index (χ3v) is 2.22. The van der Waals surface area contributed by atoms with Gasteiger partial charge in [0.25, 0.3) is 5.91 Å². The molecule has 3 N–H and O–H groups in total. The summed E-state index contributed by atoms with van der Waals surface area (Å²) in [5, 5.41) is 20.8. The minimum atomic E-state index is -1.67. The average Bonchev–Trinajstić information content (AvgIpc) is 2.18. The number of hydrogen-bond acceptors (Lipinski definition) is 3. The molecule has 0 bridgehead atoms. The second-order valence-corrected chi connectivity index (χ2v) is 3.38. The van der Waals surface area contributed by atoms with Gasteiger partial charge in [-0.1, -0.05) is 11.6 Å². The number of nitrogens with one attached hydrogen (secondary N) is 1. The van der Waals surface area contributed by atoms with Crippen LogP contribution in [-0.2, 0) is 0 Å². The Balaban J connectivity index is 3.02. The van der Waals surface area contributed by atoms with Crippen molar-refractivity contribution in [2.24, 2.45) is 0 Å². The average molecular weight is 227 g/mol. The fourth-order valence-corrected chi connectivity index (χ4v) is 1.36. The smallest absolute Gasteiger partial charge is 0.423 e. The van der Waals surface area contributed by atoms with Crippen molar-refractivity contribution in [3.05, 3.63) is 28.8 Å². The molecular formula is C9H11BClNO3. The molecule has 6 heteroatoms. The number of amides is 1. The number of carbonyl (C=O) groups excluding carboxylic acids is 1. The van der Waals surface area contributed by atoms with E-state index in [2.05, 4.69) is 5.32 Å². The zero-order chi connectivity index (χ0) is 11.4. The molecule has 0 fully saturated rings. The van der Waals surface area contributed by atoms with E-state index in [4.69, 9.17) is 21.6 Å². The first-order valence-electron chi connectivity index (χ1n) is 4.50. The first-order valence-corrected chi connectivity index (χ1v) is 4.87. The molecule has 0 aliphatic carbocycles. The molecule has 0 unspecified atom stereocenters. The molecule has 80 valence electrons. The summed E-state index contributed by atoms with van der Waals surface area (Å²) in [4.78, 5) is 11.4. The number of hydrogen-bond donors (Lipinski definition) is 3. The van der Waals surface area contributed by atoms with Crippen LogP contribution >= 0.6 is 11.6 Å². The topological polar surface area (TPSA) is 69.6 Å². The zero-order valence-electron chi connectivity index (χ0n) is 8.20. The highest BCUT2D eigenvalue weighted by atomic mass is 35.5. The second kappa shape index (κ2) is 5.16. The van der Waals surface area contributed by atoms with Crippen molar-refractivity contribution in [2.45, 2.75) is 6.92 Å². The lowest BCUT2D eigenvalue weighted by atomic mass is 9.79. The Morgan fingerprint density at radius 2 is 2.20 bits per heavy atom. The predicted molar refractivity (Wildman–Crippen MR) is 59.3 cm³/mol. The van der Waals surface area contributed by atoms with Gasteiger partial charge in [-0.3, -0.25) is 4.79 Å². The van der Waals surface area contributed by atoms with Gasteiger partial charge in [0.05, 0.1) is 0 Å². The first kappa shape index (κ1) is 12.0. The van der Waals surface area contributed by atoms with Crippen molar-refractivity contribution >= 4 is 30.1 Å². The number of carbonyl (C=O) groups is 1. The van der Waals surface area contributed by atoms with Crippen LogP contribution in [0.4, 0.5) is 0 Å². The molecule has 1 amide bonds. The molecule has 0 aliphatic rings. The third-order valence-electron chi connectivity index (χ3n) is 1.87. The van der Waals surface area contributed by atoms with E-state index in [1.165, 1.54) is 18.2 Å². The summed E-state index contributed by atoms with van der Waals surface area (Å²) in [7, 11) is -1.67. The van der Waals surface area contributed by atoms with Crippen molar-refractivity contribution in [3.8, 4) is 0 Å². The second-order valence-electron chi connectivity index (χ2n) is 2.97. The van der Waals surface area contributed by atoms with Crippen LogP contribution in [0.2, 0.25) is 5.02 Å². The minimum Gasteiger partial charge on any atom is -0.423 e. The van der Waals surface area contributed by atoms with E-state index in [0.717, 1.165) is 0 Å². The molecule has 1 rings (SSSR count). The van der Waals surface area contributed by atoms with Crippen molar-refractivity contribution < 1.29 is 14.8 Å².